The number of carboxylic acid groups (broad SMARTS) is 1. The number of hydrogen-bond donors (Lipinski definition) is 2. The molecule has 19 heavy (non-hydrogen) atoms. The number of aliphatic carboxylic acids is 1. The molecule has 1 aromatic heterocycles. The predicted molar refractivity (Wildman–Crippen MR) is 63.5 cm³/mol. The second kappa shape index (κ2) is 6.37. The van der Waals surface area contributed by atoms with Crippen LogP contribution in [0.25, 0.3) is 6.08 Å². The molecule has 104 valence electrons. The van der Waals surface area contributed by atoms with Crippen molar-refractivity contribution in [3.63, 3.8) is 0 Å². The molecule has 0 bridgehead atoms. The first-order chi connectivity index (χ1) is 8.76. The van der Waals surface area contributed by atoms with E-state index in [0.29, 0.717) is 9.75 Å². The number of carboxylic acids is 1. The molecule has 0 aromatic carbocycles. The number of nitrogens with one attached hydrogen (secondary N) is 1. The first-order valence-corrected chi connectivity index (χ1v) is 5.91. The van der Waals surface area contributed by atoms with Gasteiger partial charge in [0.1, 0.15) is 6.42 Å². The lowest BCUT2D eigenvalue weighted by Crippen LogP contribution is -2.27. The Labute approximate surface area is 110 Å². The molecular weight excluding hydrogens is 283 g/mol. The van der Waals surface area contributed by atoms with Gasteiger partial charge in [0.25, 0.3) is 0 Å². The van der Waals surface area contributed by atoms with Crippen molar-refractivity contribution < 1.29 is 27.9 Å². The van der Waals surface area contributed by atoms with Gasteiger partial charge in [-0.25, -0.2) is 4.79 Å². The molecule has 8 heteroatoms. The van der Waals surface area contributed by atoms with E-state index in [0.717, 1.165) is 6.08 Å². The molecule has 2 N–H and O–H groups in total. The third-order valence-corrected chi connectivity index (χ3v) is 2.94. The first kappa shape index (κ1) is 15.2. The molecule has 1 aromatic rings. The van der Waals surface area contributed by atoms with E-state index in [1.165, 1.54) is 17.4 Å². The molecular formula is C11H10F3NO3S. The molecule has 0 saturated heterocycles. The fraction of sp³-hybridized carbons (Fsp3) is 0.273. The molecule has 1 amide bonds. The van der Waals surface area contributed by atoms with E-state index in [-0.39, 0.29) is 6.54 Å². The van der Waals surface area contributed by atoms with Crippen molar-refractivity contribution in [1.82, 2.24) is 5.32 Å². The zero-order valence-electron chi connectivity index (χ0n) is 9.53. The van der Waals surface area contributed by atoms with Crippen LogP contribution in [-0.4, -0.2) is 23.2 Å². The van der Waals surface area contributed by atoms with Gasteiger partial charge in [-0.2, -0.15) is 13.2 Å². The Morgan fingerprint density at radius 3 is 2.63 bits per heavy atom. The molecule has 0 spiro atoms. The van der Waals surface area contributed by atoms with Crippen LogP contribution in [0.1, 0.15) is 16.2 Å². The first-order valence-electron chi connectivity index (χ1n) is 5.09. The average molecular weight is 293 g/mol. The molecule has 0 fully saturated rings. The highest BCUT2D eigenvalue weighted by Crippen LogP contribution is 2.20. The monoisotopic (exact) mass is 293 g/mol. The van der Waals surface area contributed by atoms with Gasteiger partial charge in [0.05, 0.1) is 6.54 Å². The van der Waals surface area contributed by atoms with Crippen LogP contribution < -0.4 is 5.32 Å². The number of carbonyl (C=O) groups is 2. The SMILES string of the molecule is O=C(O)C=Cc1ccc(CNC(=O)CC(F)(F)F)s1. The normalized spacial score (nSPS) is 11.7. The van der Waals surface area contributed by atoms with Crippen LogP contribution in [0.3, 0.4) is 0 Å². The van der Waals surface area contributed by atoms with E-state index in [1.54, 1.807) is 12.1 Å². The lowest BCUT2D eigenvalue weighted by molar-refractivity contribution is -0.153. The Morgan fingerprint density at radius 2 is 2.05 bits per heavy atom. The summed E-state index contributed by atoms with van der Waals surface area (Å²) in [5.74, 6) is -2.18. The van der Waals surface area contributed by atoms with Crippen molar-refractivity contribution in [1.29, 1.82) is 0 Å². The molecule has 0 saturated carbocycles. The fourth-order valence-electron chi connectivity index (χ4n) is 1.16. The smallest absolute Gasteiger partial charge is 0.397 e. The highest BCUT2D eigenvalue weighted by Gasteiger charge is 2.30. The third kappa shape index (κ3) is 6.61. The quantitative estimate of drug-likeness (QED) is 0.819. The van der Waals surface area contributed by atoms with E-state index in [2.05, 4.69) is 5.32 Å². The van der Waals surface area contributed by atoms with Gasteiger partial charge in [0.2, 0.25) is 5.91 Å². The molecule has 0 radical (unpaired) electrons. The standard InChI is InChI=1S/C11H10F3NO3S/c12-11(13,14)5-9(16)15-6-8-2-1-7(19-8)3-4-10(17)18/h1-4H,5-6H2,(H,15,16)(H,17,18). The molecule has 1 heterocycles. The van der Waals surface area contributed by atoms with Crippen LogP contribution in [0.5, 0.6) is 0 Å². The lowest BCUT2D eigenvalue weighted by Gasteiger charge is -2.06. The number of alkyl halides is 3. The van der Waals surface area contributed by atoms with E-state index < -0.39 is 24.5 Å². The molecule has 0 atom stereocenters. The summed E-state index contributed by atoms with van der Waals surface area (Å²) in [6.07, 6.45) is -3.70. The van der Waals surface area contributed by atoms with Gasteiger partial charge in [0, 0.05) is 15.8 Å². The van der Waals surface area contributed by atoms with Crippen LogP contribution >= 0.6 is 11.3 Å². The maximum Gasteiger partial charge on any atom is 0.397 e. The number of amides is 1. The second-order valence-corrected chi connectivity index (χ2v) is 4.74. The Balaban J connectivity index is 2.46. The minimum Gasteiger partial charge on any atom is -0.478 e. The van der Waals surface area contributed by atoms with Crippen molar-refractivity contribution in [3.8, 4) is 0 Å². The Kier molecular flexibility index (Phi) is 5.11. The fourth-order valence-corrected chi connectivity index (χ4v) is 2.02. The number of rotatable bonds is 5. The highest BCUT2D eigenvalue weighted by atomic mass is 32.1. The molecule has 1 rings (SSSR count). The van der Waals surface area contributed by atoms with Gasteiger partial charge >= 0.3 is 12.1 Å². The second-order valence-electron chi connectivity index (χ2n) is 3.54. The lowest BCUT2D eigenvalue weighted by atomic mass is 10.3. The van der Waals surface area contributed by atoms with Gasteiger partial charge in [-0.1, -0.05) is 0 Å². The van der Waals surface area contributed by atoms with Gasteiger partial charge in [0.15, 0.2) is 0 Å². The van der Waals surface area contributed by atoms with E-state index in [9.17, 15) is 22.8 Å². The summed E-state index contributed by atoms with van der Waals surface area (Å²) in [6.45, 7) is -0.0134. The summed E-state index contributed by atoms with van der Waals surface area (Å²) >= 11 is 1.19. The van der Waals surface area contributed by atoms with Gasteiger partial charge in [-0.15, -0.1) is 11.3 Å². The van der Waals surface area contributed by atoms with Crippen LogP contribution in [0, 0.1) is 0 Å². The summed E-state index contributed by atoms with van der Waals surface area (Å²) in [7, 11) is 0. The van der Waals surface area contributed by atoms with E-state index >= 15 is 0 Å². The summed E-state index contributed by atoms with van der Waals surface area (Å²) in [4.78, 5) is 22.5. The van der Waals surface area contributed by atoms with E-state index in [1.807, 2.05) is 0 Å². The number of halogens is 3. The van der Waals surface area contributed by atoms with Crippen molar-refractivity contribution in [2.75, 3.05) is 0 Å². The maximum absolute atomic E-state index is 11.9. The average Bonchev–Trinajstić information content (AvgIpc) is 2.69. The minimum absolute atomic E-state index is 0.0134. The number of thiophene rings is 1. The largest absolute Gasteiger partial charge is 0.478 e. The third-order valence-electron chi connectivity index (χ3n) is 1.89. The van der Waals surface area contributed by atoms with Gasteiger partial charge in [-0.3, -0.25) is 4.79 Å². The summed E-state index contributed by atoms with van der Waals surface area (Å²) in [5, 5.41) is 10.6. The summed E-state index contributed by atoms with van der Waals surface area (Å²) in [5.41, 5.74) is 0. The van der Waals surface area contributed by atoms with Crippen LogP contribution in [0.2, 0.25) is 0 Å². The van der Waals surface area contributed by atoms with Crippen LogP contribution in [-0.2, 0) is 16.1 Å². The van der Waals surface area contributed by atoms with E-state index in [4.69, 9.17) is 5.11 Å². The highest BCUT2D eigenvalue weighted by molar-refractivity contribution is 7.12. The summed E-state index contributed by atoms with van der Waals surface area (Å²) < 4.78 is 35.7. The minimum atomic E-state index is -4.52. The van der Waals surface area contributed by atoms with Gasteiger partial charge in [-0.05, 0) is 18.2 Å². The summed E-state index contributed by atoms with van der Waals surface area (Å²) in [6, 6.07) is 3.23. The molecule has 0 aliphatic heterocycles. The topological polar surface area (TPSA) is 66.4 Å². The Morgan fingerprint density at radius 1 is 1.37 bits per heavy atom. The number of carbonyl (C=O) groups excluding carboxylic acids is 1. The van der Waals surface area contributed by atoms with Crippen molar-refractivity contribution in [2.24, 2.45) is 0 Å². The predicted octanol–water partition coefficient (Wildman–Crippen LogP) is 2.41. The van der Waals surface area contributed by atoms with Gasteiger partial charge < -0.3 is 10.4 Å². The van der Waals surface area contributed by atoms with Crippen LogP contribution in [0.15, 0.2) is 18.2 Å². The van der Waals surface area contributed by atoms with Crippen molar-refractivity contribution in [2.45, 2.75) is 19.1 Å². The molecule has 4 nitrogen and oxygen atoms in total. The Hall–Kier alpha value is -1.83. The zero-order chi connectivity index (χ0) is 14.5. The molecule has 0 aliphatic carbocycles. The molecule has 0 unspecified atom stereocenters. The van der Waals surface area contributed by atoms with Crippen LogP contribution in [0.4, 0.5) is 13.2 Å². The van der Waals surface area contributed by atoms with Crippen molar-refractivity contribution >= 4 is 29.3 Å². The molecule has 0 aliphatic rings. The Bertz CT molecular complexity index is 494. The zero-order valence-corrected chi connectivity index (χ0v) is 10.3. The number of hydrogen-bond acceptors (Lipinski definition) is 3. The van der Waals surface area contributed by atoms with Crippen molar-refractivity contribution in [3.05, 3.63) is 28.0 Å². The maximum atomic E-state index is 11.9.